The zero-order valence-corrected chi connectivity index (χ0v) is 16.5. The van der Waals surface area contributed by atoms with Gasteiger partial charge in [-0.25, -0.2) is 13.2 Å². The number of fused-ring (bicyclic) bond motifs is 1. The Bertz CT molecular complexity index is 1010. The molecule has 0 spiro atoms. The standard InChI is InChI=1S/C17H24N4O5S/c1-18(2)16(22)12-20-7-4-8-21(10-9-20)27(24,25)13-5-6-14-15(11-13)26-17(23)19(14)3/h5-6,11H,4,7-10,12H2,1-3H3. The molecule has 27 heavy (non-hydrogen) atoms. The van der Waals surface area contributed by atoms with Crippen LogP contribution in [0.25, 0.3) is 11.1 Å². The van der Waals surface area contributed by atoms with E-state index in [1.54, 1.807) is 27.2 Å². The van der Waals surface area contributed by atoms with Gasteiger partial charge in [0.1, 0.15) is 0 Å². The number of amides is 1. The van der Waals surface area contributed by atoms with Crippen molar-refractivity contribution in [1.82, 2.24) is 18.7 Å². The van der Waals surface area contributed by atoms with E-state index in [1.807, 2.05) is 4.90 Å². The highest BCUT2D eigenvalue weighted by Crippen LogP contribution is 2.22. The smallest absolute Gasteiger partial charge is 0.408 e. The maximum Gasteiger partial charge on any atom is 0.419 e. The second-order valence-electron chi connectivity index (χ2n) is 6.88. The molecule has 0 unspecified atom stereocenters. The van der Waals surface area contributed by atoms with Crippen molar-refractivity contribution in [3.63, 3.8) is 0 Å². The summed E-state index contributed by atoms with van der Waals surface area (Å²) >= 11 is 0. The maximum atomic E-state index is 13.0. The molecule has 10 heteroatoms. The van der Waals surface area contributed by atoms with E-state index in [0.717, 1.165) is 0 Å². The number of carbonyl (C=O) groups is 1. The summed E-state index contributed by atoms with van der Waals surface area (Å²) in [5.41, 5.74) is 0.791. The Morgan fingerprint density at radius 1 is 1.19 bits per heavy atom. The number of benzene rings is 1. The van der Waals surface area contributed by atoms with Crippen molar-refractivity contribution in [2.24, 2.45) is 7.05 Å². The highest BCUT2D eigenvalue weighted by molar-refractivity contribution is 7.89. The van der Waals surface area contributed by atoms with Crippen molar-refractivity contribution in [2.45, 2.75) is 11.3 Å². The molecule has 0 saturated carbocycles. The predicted octanol–water partition coefficient (Wildman–Crippen LogP) is -0.0839. The van der Waals surface area contributed by atoms with Crippen LogP contribution in [0.2, 0.25) is 0 Å². The lowest BCUT2D eigenvalue weighted by atomic mass is 10.3. The number of nitrogens with zero attached hydrogens (tertiary/aromatic N) is 4. The van der Waals surface area contributed by atoms with Crippen LogP contribution >= 0.6 is 0 Å². The Morgan fingerprint density at radius 3 is 2.63 bits per heavy atom. The average molecular weight is 396 g/mol. The zero-order chi connectivity index (χ0) is 19.8. The molecule has 3 rings (SSSR count). The van der Waals surface area contributed by atoms with Crippen LogP contribution in [0.15, 0.2) is 32.3 Å². The summed E-state index contributed by atoms with van der Waals surface area (Å²) in [5.74, 6) is -0.536. The first-order valence-corrected chi connectivity index (χ1v) is 10.2. The van der Waals surface area contributed by atoms with Crippen LogP contribution in [0.3, 0.4) is 0 Å². The van der Waals surface area contributed by atoms with Crippen molar-refractivity contribution >= 4 is 27.0 Å². The Morgan fingerprint density at radius 2 is 1.93 bits per heavy atom. The van der Waals surface area contributed by atoms with Gasteiger partial charge in [-0.15, -0.1) is 0 Å². The number of rotatable bonds is 4. The molecule has 0 N–H and O–H groups in total. The molecule has 1 aromatic heterocycles. The molecule has 0 radical (unpaired) electrons. The topological polar surface area (TPSA) is 96.1 Å². The Kier molecular flexibility index (Phi) is 5.41. The van der Waals surface area contributed by atoms with E-state index in [9.17, 15) is 18.0 Å². The van der Waals surface area contributed by atoms with Crippen molar-refractivity contribution in [3.05, 3.63) is 28.7 Å². The minimum absolute atomic E-state index is 0.00383. The third kappa shape index (κ3) is 3.92. The molecular formula is C17H24N4O5S. The zero-order valence-electron chi connectivity index (χ0n) is 15.7. The number of hydrogen-bond acceptors (Lipinski definition) is 6. The summed E-state index contributed by atoms with van der Waals surface area (Å²) in [5, 5.41) is 0. The Labute approximate surface area is 157 Å². The molecule has 9 nitrogen and oxygen atoms in total. The van der Waals surface area contributed by atoms with Gasteiger partial charge in [-0.1, -0.05) is 0 Å². The summed E-state index contributed by atoms with van der Waals surface area (Å²) in [6.07, 6.45) is 0.641. The SMILES string of the molecule is CN(C)C(=O)CN1CCCN(S(=O)(=O)c2ccc3c(c2)oc(=O)n3C)CC1. The summed E-state index contributed by atoms with van der Waals surface area (Å²) in [6, 6.07) is 4.46. The lowest BCUT2D eigenvalue weighted by molar-refractivity contribution is -0.129. The number of carbonyl (C=O) groups excluding carboxylic acids is 1. The van der Waals surface area contributed by atoms with E-state index in [-0.39, 0.29) is 22.9 Å². The van der Waals surface area contributed by atoms with Crippen LogP contribution in [0.4, 0.5) is 0 Å². The molecule has 2 heterocycles. The van der Waals surface area contributed by atoms with Gasteiger partial charge < -0.3 is 9.32 Å². The first-order valence-electron chi connectivity index (χ1n) is 8.72. The Balaban J connectivity index is 1.79. The minimum atomic E-state index is -3.71. The van der Waals surface area contributed by atoms with Crippen molar-refractivity contribution in [1.29, 1.82) is 0 Å². The van der Waals surface area contributed by atoms with E-state index in [1.165, 1.54) is 25.9 Å². The van der Waals surface area contributed by atoms with E-state index < -0.39 is 15.8 Å². The third-order valence-corrected chi connectivity index (χ3v) is 6.70. The molecule has 1 amide bonds. The summed E-state index contributed by atoms with van der Waals surface area (Å²) in [7, 11) is 1.27. The van der Waals surface area contributed by atoms with Crippen molar-refractivity contribution in [2.75, 3.05) is 46.8 Å². The average Bonchev–Trinajstić information content (AvgIpc) is 2.78. The molecule has 1 aliphatic heterocycles. The molecule has 148 valence electrons. The highest BCUT2D eigenvalue weighted by Gasteiger charge is 2.28. The van der Waals surface area contributed by atoms with E-state index in [4.69, 9.17) is 4.42 Å². The quantitative estimate of drug-likeness (QED) is 0.717. The lowest BCUT2D eigenvalue weighted by Gasteiger charge is -2.22. The molecule has 2 aromatic rings. The maximum absolute atomic E-state index is 13.0. The fourth-order valence-electron chi connectivity index (χ4n) is 3.10. The summed E-state index contributed by atoms with van der Waals surface area (Å²) in [6.45, 7) is 2.12. The van der Waals surface area contributed by atoms with Crippen molar-refractivity contribution < 1.29 is 17.6 Å². The van der Waals surface area contributed by atoms with E-state index >= 15 is 0 Å². The normalized spacial score (nSPS) is 17.1. The van der Waals surface area contributed by atoms with Crippen LogP contribution in [-0.4, -0.2) is 79.8 Å². The van der Waals surface area contributed by atoms with Gasteiger partial charge in [0.2, 0.25) is 15.9 Å². The monoisotopic (exact) mass is 396 g/mol. The molecule has 1 aliphatic rings. The van der Waals surface area contributed by atoms with E-state index in [2.05, 4.69) is 0 Å². The molecular weight excluding hydrogens is 372 g/mol. The van der Waals surface area contributed by atoms with Crippen LogP contribution in [0.5, 0.6) is 0 Å². The first kappa shape index (κ1) is 19.6. The molecule has 0 atom stereocenters. The highest BCUT2D eigenvalue weighted by atomic mass is 32.2. The number of aryl methyl sites for hydroxylation is 1. The van der Waals surface area contributed by atoms with Crippen LogP contribution < -0.4 is 5.76 Å². The van der Waals surface area contributed by atoms with Gasteiger partial charge >= 0.3 is 5.76 Å². The number of aromatic nitrogens is 1. The lowest BCUT2D eigenvalue weighted by Crippen LogP contribution is -2.39. The number of oxazole rings is 1. The first-order chi connectivity index (χ1) is 12.7. The van der Waals surface area contributed by atoms with Gasteiger partial charge in [0.05, 0.1) is 17.0 Å². The molecule has 1 aromatic carbocycles. The number of sulfonamides is 1. The van der Waals surface area contributed by atoms with Crippen LogP contribution in [0.1, 0.15) is 6.42 Å². The summed E-state index contributed by atoms with van der Waals surface area (Å²) in [4.78, 5) is 27.1. The minimum Gasteiger partial charge on any atom is -0.408 e. The second kappa shape index (κ2) is 7.45. The van der Waals surface area contributed by atoms with Gasteiger partial charge in [-0.3, -0.25) is 14.3 Å². The van der Waals surface area contributed by atoms with Gasteiger partial charge in [-0.2, -0.15) is 4.31 Å². The molecule has 1 fully saturated rings. The van der Waals surface area contributed by atoms with Gasteiger partial charge in [0.15, 0.2) is 5.58 Å². The van der Waals surface area contributed by atoms with Gasteiger partial charge in [-0.05, 0) is 25.1 Å². The van der Waals surface area contributed by atoms with E-state index in [0.29, 0.717) is 38.1 Å². The predicted molar refractivity (Wildman–Crippen MR) is 100.0 cm³/mol. The van der Waals surface area contributed by atoms with Gasteiger partial charge in [0.25, 0.3) is 0 Å². The third-order valence-electron chi connectivity index (χ3n) is 4.81. The summed E-state index contributed by atoms with van der Waals surface area (Å²) < 4.78 is 33.9. The number of hydrogen-bond donors (Lipinski definition) is 0. The molecule has 0 aliphatic carbocycles. The molecule has 1 saturated heterocycles. The van der Waals surface area contributed by atoms with Crippen LogP contribution in [0, 0.1) is 0 Å². The van der Waals surface area contributed by atoms with Crippen LogP contribution in [-0.2, 0) is 21.9 Å². The largest absolute Gasteiger partial charge is 0.419 e. The number of likely N-dealkylation sites (N-methyl/N-ethyl adjacent to an activating group) is 1. The van der Waals surface area contributed by atoms with Gasteiger partial charge in [0, 0.05) is 46.8 Å². The second-order valence-corrected chi connectivity index (χ2v) is 8.82. The fraction of sp³-hybridized carbons (Fsp3) is 0.529. The molecule has 0 bridgehead atoms. The fourth-order valence-corrected chi connectivity index (χ4v) is 4.59. The Hall–Kier alpha value is -2.17. The van der Waals surface area contributed by atoms with Crippen molar-refractivity contribution in [3.8, 4) is 0 Å².